The van der Waals surface area contributed by atoms with E-state index >= 15 is 0 Å². The summed E-state index contributed by atoms with van der Waals surface area (Å²) in [5.41, 5.74) is 2.63. The average Bonchev–Trinajstić information content (AvgIpc) is 3.06. The highest BCUT2D eigenvalue weighted by Gasteiger charge is 2.29. The number of nitrogens with one attached hydrogen (secondary N) is 1. The van der Waals surface area contributed by atoms with Gasteiger partial charge in [0.1, 0.15) is 0 Å². The van der Waals surface area contributed by atoms with E-state index in [1.807, 2.05) is 11.3 Å². The highest BCUT2D eigenvalue weighted by molar-refractivity contribution is 7.10. The minimum absolute atomic E-state index is 0.0892. The fourth-order valence-electron chi connectivity index (χ4n) is 3.36. The molecule has 24 heavy (non-hydrogen) atoms. The zero-order valence-corrected chi connectivity index (χ0v) is 14.8. The second-order valence-electron chi connectivity index (χ2n) is 6.22. The van der Waals surface area contributed by atoms with Crippen LogP contribution in [-0.2, 0) is 6.42 Å². The van der Waals surface area contributed by atoms with Gasteiger partial charge in [0.05, 0.1) is 11.6 Å². The second kappa shape index (κ2) is 7.16. The molecule has 1 aromatic heterocycles. The van der Waals surface area contributed by atoms with Crippen LogP contribution < -0.4 is 5.32 Å². The Bertz CT molecular complexity index is 760. The molecule has 0 saturated carbocycles. The monoisotopic (exact) mass is 339 g/mol. The number of carbonyl (C=O) groups is 1. The van der Waals surface area contributed by atoms with Crippen LogP contribution in [0.15, 0.2) is 35.7 Å². The number of rotatable bonds is 4. The van der Waals surface area contributed by atoms with Gasteiger partial charge in [-0.15, -0.1) is 11.3 Å². The Morgan fingerprint density at radius 3 is 2.79 bits per heavy atom. The molecule has 2 atom stereocenters. The summed E-state index contributed by atoms with van der Waals surface area (Å²) in [4.78, 5) is 16.1. The molecule has 0 spiro atoms. The van der Waals surface area contributed by atoms with Crippen LogP contribution in [0.4, 0.5) is 0 Å². The van der Waals surface area contributed by atoms with Crippen molar-refractivity contribution in [3.05, 3.63) is 57.3 Å². The molecule has 3 rings (SSSR count). The number of nitrogens with zero attached hydrogens (tertiary/aromatic N) is 2. The predicted octanol–water partition coefficient (Wildman–Crippen LogP) is 3.36. The second-order valence-corrected chi connectivity index (χ2v) is 7.17. The van der Waals surface area contributed by atoms with Gasteiger partial charge in [-0.25, -0.2) is 0 Å². The van der Waals surface area contributed by atoms with Gasteiger partial charge in [0.25, 0.3) is 5.91 Å². The molecule has 0 bridgehead atoms. The van der Waals surface area contributed by atoms with Gasteiger partial charge in [-0.05, 0) is 61.5 Å². The molecule has 4 nitrogen and oxygen atoms in total. The maximum atomic E-state index is 12.2. The molecule has 124 valence electrons. The van der Waals surface area contributed by atoms with Crippen molar-refractivity contribution in [3.8, 4) is 6.07 Å². The summed E-state index contributed by atoms with van der Waals surface area (Å²) in [5.74, 6) is -0.0892. The van der Waals surface area contributed by atoms with Crippen molar-refractivity contribution in [1.82, 2.24) is 10.2 Å². The third-order valence-corrected chi connectivity index (χ3v) is 5.80. The molecule has 1 amide bonds. The number of thiophene rings is 1. The lowest BCUT2D eigenvalue weighted by Gasteiger charge is -2.38. The molecule has 0 saturated heterocycles. The number of hydrogen-bond acceptors (Lipinski definition) is 4. The Hall–Kier alpha value is -2.16. The van der Waals surface area contributed by atoms with Crippen LogP contribution in [0.5, 0.6) is 0 Å². The van der Waals surface area contributed by atoms with Crippen molar-refractivity contribution in [2.24, 2.45) is 0 Å². The first-order valence-corrected chi connectivity index (χ1v) is 9.08. The van der Waals surface area contributed by atoms with Gasteiger partial charge >= 0.3 is 0 Å². The fraction of sp³-hybridized carbons (Fsp3) is 0.368. The zero-order valence-electron chi connectivity index (χ0n) is 14.0. The number of hydrogen-bond donors (Lipinski definition) is 1. The molecule has 0 aliphatic carbocycles. The van der Waals surface area contributed by atoms with Gasteiger partial charge in [-0.3, -0.25) is 9.69 Å². The quantitative estimate of drug-likeness (QED) is 0.929. The van der Waals surface area contributed by atoms with Crippen molar-refractivity contribution >= 4 is 17.2 Å². The van der Waals surface area contributed by atoms with Crippen LogP contribution in [0.3, 0.4) is 0 Å². The van der Waals surface area contributed by atoms with Gasteiger partial charge in [0.2, 0.25) is 0 Å². The van der Waals surface area contributed by atoms with Crippen LogP contribution >= 0.6 is 11.3 Å². The average molecular weight is 339 g/mol. The molecule has 1 aromatic carbocycles. The normalized spacial score (nSPS) is 20.2. The molecule has 1 aliphatic rings. The van der Waals surface area contributed by atoms with Crippen LogP contribution in [0.25, 0.3) is 0 Å². The highest BCUT2D eigenvalue weighted by Crippen LogP contribution is 2.35. The van der Waals surface area contributed by atoms with Crippen molar-refractivity contribution in [3.63, 3.8) is 0 Å². The van der Waals surface area contributed by atoms with E-state index in [1.165, 1.54) is 10.4 Å². The van der Waals surface area contributed by atoms with Crippen molar-refractivity contribution < 1.29 is 4.79 Å². The molecule has 0 fully saturated rings. The fourth-order valence-corrected chi connectivity index (χ4v) is 4.38. The van der Waals surface area contributed by atoms with Crippen molar-refractivity contribution in [2.75, 3.05) is 13.1 Å². The van der Waals surface area contributed by atoms with E-state index in [0.29, 0.717) is 29.8 Å². The summed E-state index contributed by atoms with van der Waals surface area (Å²) >= 11 is 1.82. The first-order valence-electron chi connectivity index (χ1n) is 8.20. The zero-order chi connectivity index (χ0) is 17.1. The third kappa shape index (κ3) is 3.35. The summed E-state index contributed by atoms with van der Waals surface area (Å²) in [5, 5.41) is 14.0. The number of benzene rings is 1. The van der Waals surface area contributed by atoms with Crippen molar-refractivity contribution in [2.45, 2.75) is 32.4 Å². The van der Waals surface area contributed by atoms with E-state index in [2.05, 4.69) is 41.6 Å². The SMILES string of the molecule is C[C@@H]1Cc2ccsc2[C@H](C)N1CCNC(=O)c1ccc(C#N)cc1. The standard InChI is InChI=1S/C19H21N3OS/c1-13-11-17-7-10-24-18(17)14(2)22(13)9-8-21-19(23)16-5-3-15(12-20)4-6-16/h3-7,10,13-14H,8-9,11H2,1-2H3,(H,21,23)/t13-,14+/m1/s1. The Labute approximate surface area is 146 Å². The lowest BCUT2D eigenvalue weighted by molar-refractivity contribution is 0.0930. The van der Waals surface area contributed by atoms with Gasteiger partial charge in [0.15, 0.2) is 0 Å². The molecular weight excluding hydrogens is 318 g/mol. The lowest BCUT2D eigenvalue weighted by Crippen LogP contribution is -2.44. The number of nitriles is 1. The summed E-state index contributed by atoms with van der Waals surface area (Å²) in [7, 11) is 0. The molecular formula is C19H21N3OS. The molecule has 1 N–H and O–H groups in total. The summed E-state index contributed by atoms with van der Waals surface area (Å²) in [6.45, 7) is 5.95. The molecule has 2 heterocycles. The van der Waals surface area contributed by atoms with Gasteiger partial charge in [-0.2, -0.15) is 5.26 Å². The summed E-state index contributed by atoms with van der Waals surface area (Å²) in [6.07, 6.45) is 1.08. The van der Waals surface area contributed by atoms with E-state index < -0.39 is 0 Å². The Balaban J connectivity index is 1.56. The van der Waals surface area contributed by atoms with Gasteiger partial charge < -0.3 is 5.32 Å². The lowest BCUT2D eigenvalue weighted by atomic mass is 9.97. The van der Waals surface area contributed by atoms with E-state index in [-0.39, 0.29) is 5.91 Å². The van der Waals surface area contributed by atoms with Crippen LogP contribution in [-0.4, -0.2) is 29.9 Å². The Kier molecular flexibility index (Phi) is 4.98. The largest absolute Gasteiger partial charge is 0.351 e. The maximum Gasteiger partial charge on any atom is 0.251 e. The minimum Gasteiger partial charge on any atom is -0.351 e. The number of amides is 1. The van der Waals surface area contributed by atoms with Crippen molar-refractivity contribution in [1.29, 1.82) is 5.26 Å². The maximum absolute atomic E-state index is 12.2. The molecule has 2 aromatic rings. The highest BCUT2D eigenvalue weighted by atomic mass is 32.1. The van der Waals surface area contributed by atoms with E-state index in [4.69, 9.17) is 5.26 Å². The molecule has 0 radical (unpaired) electrons. The molecule has 5 heteroatoms. The molecule has 1 aliphatic heterocycles. The van der Waals surface area contributed by atoms with Gasteiger partial charge in [-0.1, -0.05) is 0 Å². The van der Waals surface area contributed by atoms with E-state index in [9.17, 15) is 4.79 Å². The Morgan fingerprint density at radius 2 is 2.08 bits per heavy atom. The van der Waals surface area contributed by atoms with Crippen LogP contribution in [0, 0.1) is 11.3 Å². The van der Waals surface area contributed by atoms with Crippen LogP contribution in [0.1, 0.15) is 46.3 Å². The first kappa shape index (κ1) is 16.7. The topological polar surface area (TPSA) is 56.1 Å². The minimum atomic E-state index is -0.0892. The first-order chi connectivity index (χ1) is 11.6. The summed E-state index contributed by atoms with van der Waals surface area (Å²) in [6, 6.07) is 11.9. The predicted molar refractivity (Wildman–Crippen MR) is 96.1 cm³/mol. The van der Waals surface area contributed by atoms with E-state index in [1.54, 1.807) is 24.3 Å². The number of carbonyl (C=O) groups excluding carboxylic acids is 1. The Morgan fingerprint density at radius 1 is 1.33 bits per heavy atom. The van der Waals surface area contributed by atoms with E-state index in [0.717, 1.165) is 13.0 Å². The molecule has 0 unspecified atom stereocenters. The summed E-state index contributed by atoms with van der Waals surface area (Å²) < 4.78 is 0. The smallest absolute Gasteiger partial charge is 0.251 e. The van der Waals surface area contributed by atoms with Gasteiger partial charge in [0, 0.05) is 35.6 Å². The van der Waals surface area contributed by atoms with Crippen LogP contribution in [0.2, 0.25) is 0 Å². The third-order valence-electron chi connectivity index (χ3n) is 4.67. The number of fused-ring (bicyclic) bond motifs is 1.